The van der Waals surface area contributed by atoms with E-state index in [4.69, 9.17) is 28.9 Å². The van der Waals surface area contributed by atoms with E-state index in [2.05, 4.69) is 9.97 Å². The Hall–Kier alpha value is -1.94. The number of carbonyl (C=O) groups excluding carboxylic acids is 2. The van der Waals surface area contributed by atoms with E-state index >= 15 is 0 Å². The zero-order chi connectivity index (χ0) is 19.6. The summed E-state index contributed by atoms with van der Waals surface area (Å²) in [5.41, 5.74) is 5.15. The second-order valence-electron chi connectivity index (χ2n) is 5.65. The molecule has 1 heterocycles. The molecule has 142 valence electrons. The fourth-order valence-electron chi connectivity index (χ4n) is 2.97. The van der Waals surface area contributed by atoms with E-state index < -0.39 is 35.8 Å². The SMILES string of the molecule is Fc1cnc(Cl)nc1Cl.NC(=O)[C@H]1[C@@H](NC(=O)C(F)(F)F)[C@H]2C=C[C@@H]1C2. The van der Waals surface area contributed by atoms with Crippen molar-refractivity contribution in [1.29, 1.82) is 0 Å². The lowest BCUT2D eigenvalue weighted by Crippen LogP contribution is -2.51. The number of fused-ring (bicyclic) bond motifs is 2. The van der Waals surface area contributed by atoms with Crippen LogP contribution >= 0.6 is 23.2 Å². The van der Waals surface area contributed by atoms with Crippen LogP contribution in [-0.2, 0) is 9.59 Å². The molecule has 2 bridgehead atoms. The summed E-state index contributed by atoms with van der Waals surface area (Å²) in [4.78, 5) is 28.7. The predicted molar refractivity (Wildman–Crippen MR) is 83.4 cm³/mol. The number of allylic oxidation sites excluding steroid dienone is 1. The van der Waals surface area contributed by atoms with Crippen molar-refractivity contribution in [2.24, 2.45) is 23.5 Å². The number of aromatic nitrogens is 2. The summed E-state index contributed by atoms with van der Waals surface area (Å²) >= 11 is 10.4. The Morgan fingerprint density at radius 1 is 1.23 bits per heavy atom. The van der Waals surface area contributed by atoms with E-state index in [1.54, 1.807) is 12.2 Å². The number of hydrogen-bond acceptors (Lipinski definition) is 4. The van der Waals surface area contributed by atoms with Crippen molar-refractivity contribution >= 4 is 35.0 Å². The molecule has 2 aliphatic rings. The van der Waals surface area contributed by atoms with E-state index in [1.165, 1.54) is 0 Å². The molecule has 6 nitrogen and oxygen atoms in total. The lowest BCUT2D eigenvalue weighted by molar-refractivity contribution is -0.175. The molecule has 1 aromatic rings. The van der Waals surface area contributed by atoms with Crippen molar-refractivity contribution in [3.05, 3.63) is 34.6 Å². The van der Waals surface area contributed by atoms with Gasteiger partial charge in [0.2, 0.25) is 11.2 Å². The molecule has 1 fully saturated rings. The highest BCUT2D eigenvalue weighted by atomic mass is 35.5. The highest BCUT2D eigenvalue weighted by molar-refractivity contribution is 6.31. The molecule has 3 N–H and O–H groups in total. The number of alkyl halides is 3. The van der Waals surface area contributed by atoms with Crippen molar-refractivity contribution < 1.29 is 27.2 Å². The Labute approximate surface area is 154 Å². The maximum absolute atomic E-state index is 12.2. The minimum atomic E-state index is -4.94. The van der Waals surface area contributed by atoms with Gasteiger partial charge in [-0.1, -0.05) is 23.8 Å². The predicted octanol–water partition coefficient (Wildman–Crippen LogP) is 2.26. The molecule has 0 saturated heterocycles. The number of nitrogens with one attached hydrogen (secondary N) is 1. The normalized spacial score (nSPS) is 26.2. The van der Waals surface area contributed by atoms with Crippen LogP contribution in [0.15, 0.2) is 18.3 Å². The Morgan fingerprint density at radius 2 is 1.85 bits per heavy atom. The topological polar surface area (TPSA) is 98.0 Å². The van der Waals surface area contributed by atoms with Crippen molar-refractivity contribution in [2.45, 2.75) is 18.6 Å². The molecule has 0 radical (unpaired) electrons. The molecule has 0 spiro atoms. The number of halogens is 6. The second-order valence-corrected chi connectivity index (χ2v) is 6.35. The van der Waals surface area contributed by atoms with Crippen LogP contribution < -0.4 is 11.1 Å². The van der Waals surface area contributed by atoms with Gasteiger partial charge in [-0.25, -0.2) is 14.4 Å². The van der Waals surface area contributed by atoms with Crippen LogP contribution in [0.3, 0.4) is 0 Å². The molecule has 3 rings (SSSR count). The fourth-order valence-corrected chi connectivity index (χ4v) is 3.27. The number of nitrogens with two attached hydrogens (primary N) is 1. The molecular formula is C14H12Cl2F4N4O2. The summed E-state index contributed by atoms with van der Waals surface area (Å²) in [5, 5.41) is 1.56. The first-order valence-corrected chi connectivity index (χ1v) is 7.95. The molecule has 4 atom stereocenters. The van der Waals surface area contributed by atoms with E-state index in [9.17, 15) is 27.2 Å². The van der Waals surface area contributed by atoms with E-state index in [1.807, 2.05) is 5.32 Å². The van der Waals surface area contributed by atoms with Gasteiger partial charge < -0.3 is 11.1 Å². The Bertz CT molecular complexity index is 744. The first kappa shape index (κ1) is 20.4. The van der Waals surface area contributed by atoms with Gasteiger partial charge in [0, 0.05) is 6.04 Å². The van der Waals surface area contributed by atoms with Crippen LogP contribution in [0.2, 0.25) is 10.4 Å². The number of carbonyl (C=O) groups is 2. The number of primary amides is 1. The van der Waals surface area contributed by atoms with Crippen LogP contribution in [0.1, 0.15) is 6.42 Å². The van der Waals surface area contributed by atoms with Gasteiger partial charge in [0.25, 0.3) is 0 Å². The molecule has 12 heteroatoms. The summed E-state index contributed by atoms with van der Waals surface area (Å²) in [5.74, 6) is -4.48. The molecular weight excluding hydrogens is 403 g/mol. The first-order valence-electron chi connectivity index (χ1n) is 7.19. The van der Waals surface area contributed by atoms with Gasteiger partial charge in [-0.05, 0) is 29.9 Å². The Kier molecular flexibility index (Phi) is 6.07. The van der Waals surface area contributed by atoms with Gasteiger partial charge in [0.15, 0.2) is 11.0 Å². The number of hydrogen-bond donors (Lipinski definition) is 2. The first-order chi connectivity index (χ1) is 12.0. The quantitative estimate of drug-likeness (QED) is 0.335. The van der Waals surface area contributed by atoms with Crippen LogP contribution in [0, 0.1) is 23.6 Å². The van der Waals surface area contributed by atoms with E-state index in [0.29, 0.717) is 6.42 Å². The molecule has 0 aromatic carbocycles. The van der Waals surface area contributed by atoms with Crippen molar-refractivity contribution in [2.75, 3.05) is 0 Å². The monoisotopic (exact) mass is 414 g/mol. The molecule has 0 unspecified atom stereocenters. The number of amides is 2. The van der Waals surface area contributed by atoms with Crippen molar-refractivity contribution in [3.8, 4) is 0 Å². The van der Waals surface area contributed by atoms with Crippen molar-refractivity contribution in [3.63, 3.8) is 0 Å². The fraction of sp³-hybridized carbons (Fsp3) is 0.429. The highest BCUT2D eigenvalue weighted by Crippen LogP contribution is 2.43. The summed E-state index contributed by atoms with van der Waals surface area (Å²) in [6, 6.07) is -0.836. The summed E-state index contributed by atoms with van der Waals surface area (Å²) in [6.45, 7) is 0. The maximum Gasteiger partial charge on any atom is 0.471 e. The van der Waals surface area contributed by atoms with Crippen LogP contribution in [0.25, 0.3) is 0 Å². The third kappa shape index (κ3) is 4.61. The zero-order valence-electron chi connectivity index (χ0n) is 12.8. The zero-order valence-corrected chi connectivity index (χ0v) is 14.3. The molecule has 0 aliphatic heterocycles. The minimum absolute atomic E-state index is 0.0543. The van der Waals surface area contributed by atoms with Gasteiger partial charge >= 0.3 is 12.1 Å². The smallest absolute Gasteiger partial charge is 0.369 e. The Balaban J connectivity index is 0.000000228. The third-order valence-corrected chi connectivity index (χ3v) is 4.46. The molecule has 1 aromatic heterocycles. The van der Waals surface area contributed by atoms with Crippen LogP contribution in [-0.4, -0.2) is 34.0 Å². The second kappa shape index (κ2) is 7.75. The Morgan fingerprint density at radius 3 is 2.35 bits per heavy atom. The van der Waals surface area contributed by atoms with Gasteiger partial charge in [-0.15, -0.1) is 0 Å². The molecule has 1 saturated carbocycles. The van der Waals surface area contributed by atoms with Crippen LogP contribution in [0.4, 0.5) is 17.6 Å². The van der Waals surface area contributed by atoms with E-state index in [-0.39, 0.29) is 22.3 Å². The third-order valence-electron chi connectivity index (χ3n) is 4.01. The minimum Gasteiger partial charge on any atom is -0.369 e. The summed E-state index contributed by atoms with van der Waals surface area (Å²) in [7, 11) is 0. The summed E-state index contributed by atoms with van der Waals surface area (Å²) in [6.07, 6.45) is 0.0452. The lowest BCUT2D eigenvalue weighted by atomic mass is 9.88. The van der Waals surface area contributed by atoms with Crippen LogP contribution in [0.5, 0.6) is 0 Å². The van der Waals surface area contributed by atoms with Crippen molar-refractivity contribution in [1.82, 2.24) is 15.3 Å². The number of nitrogens with zero attached hydrogens (tertiary/aromatic N) is 2. The van der Waals surface area contributed by atoms with Gasteiger partial charge in [0.05, 0.1) is 12.1 Å². The summed E-state index contributed by atoms with van der Waals surface area (Å²) < 4.78 is 48.6. The van der Waals surface area contributed by atoms with Gasteiger partial charge in [-0.3, -0.25) is 9.59 Å². The average Bonchev–Trinajstić information content (AvgIpc) is 3.12. The van der Waals surface area contributed by atoms with Gasteiger partial charge in [-0.2, -0.15) is 13.2 Å². The number of rotatable bonds is 2. The maximum atomic E-state index is 12.2. The molecule has 26 heavy (non-hydrogen) atoms. The molecule has 2 aliphatic carbocycles. The lowest BCUT2D eigenvalue weighted by Gasteiger charge is -2.26. The average molecular weight is 415 g/mol. The largest absolute Gasteiger partial charge is 0.471 e. The van der Waals surface area contributed by atoms with Gasteiger partial charge in [0.1, 0.15) is 0 Å². The highest BCUT2D eigenvalue weighted by Gasteiger charge is 2.50. The van der Waals surface area contributed by atoms with E-state index in [0.717, 1.165) is 6.20 Å². The standard InChI is InChI=1S/C10H11F3N2O2.C4HCl2FN2/c11-10(12,13)9(17)15-7-5-2-1-4(3-5)6(7)8(14)16;5-3-2(7)1-8-4(6)9-3/h1-2,4-7H,3H2,(H2,14,16)(H,15,17);1H/t4-,5+,6-,7+;/m1./s1. The molecule has 2 amide bonds.